The van der Waals surface area contributed by atoms with Gasteiger partial charge in [0.2, 0.25) is 5.76 Å². The van der Waals surface area contributed by atoms with Crippen molar-refractivity contribution in [3.8, 4) is 17.7 Å². The summed E-state index contributed by atoms with van der Waals surface area (Å²) in [5.74, 6) is 0.220. The Morgan fingerprint density at radius 3 is 2.93 bits per heavy atom. The molecule has 4 rings (SSSR count). The molecular formula is C18H13FN6O2. The van der Waals surface area contributed by atoms with Gasteiger partial charge in [-0.1, -0.05) is 5.16 Å². The third-order valence-electron chi connectivity index (χ3n) is 4.23. The van der Waals surface area contributed by atoms with E-state index in [1.807, 2.05) is 0 Å². The summed E-state index contributed by atoms with van der Waals surface area (Å²) < 4.78 is 18.8. The number of halogens is 1. The molecule has 3 aromatic rings. The first-order valence-electron chi connectivity index (χ1n) is 8.16. The van der Waals surface area contributed by atoms with Gasteiger partial charge in [-0.15, -0.1) is 0 Å². The molecule has 0 spiro atoms. The Morgan fingerprint density at radius 1 is 1.33 bits per heavy atom. The van der Waals surface area contributed by atoms with E-state index in [-0.39, 0.29) is 18.1 Å². The Kier molecular flexibility index (Phi) is 4.22. The van der Waals surface area contributed by atoms with Crippen LogP contribution in [0.4, 0.5) is 14.9 Å². The Morgan fingerprint density at radius 2 is 2.15 bits per heavy atom. The number of urea groups is 1. The van der Waals surface area contributed by atoms with Gasteiger partial charge in [-0.05, 0) is 24.3 Å². The number of benzene rings is 1. The monoisotopic (exact) mass is 364 g/mol. The van der Waals surface area contributed by atoms with Crippen LogP contribution in [0.1, 0.15) is 16.8 Å². The summed E-state index contributed by atoms with van der Waals surface area (Å²) in [7, 11) is 0. The van der Waals surface area contributed by atoms with Crippen molar-refractivity contribution in [1.82, 2.24) is 20.0 Å². The molecule has 0 bridgehead atoms. The highest BCUT2D eigenvalue weighted by molar-refractivity contribution is 5.89. The van der Waals surface area contributed by atoms with Crippen molar-refractivity contribution < 1.29 is 13.7 Å². The van der Waals surface area contributed by atoms with Crippen LogP contribution in [0.15, 0.2) is 41.2 Å². The number of carbonyl (C=O) groups excluding carboxylic acids is 1. The second-order valence-electron chi connectivity index (χ2n) is 5.92. The van der Waals surface area contributed by atoms with Crippen LogP contribution in [-0.4, -0.2) is 32.6 Å². The van der Waals surface area contributed by atoms with Crippen molar-refractivity contribution in [2.75, 3.05) is 11.9 Å². The molecule has 0 atom stereocenters. The van der Waals surface area contributed by atoms with Gasteiger partial charge in [0.1, 0.15) is 11.9 Å². The van der Waals surface area contributed by atoms with Crippen LogP contribution >= 0.6 is 0 Å². The summed E-state index contributed by atoms with van der Waals surface area (Å²) in [5, 5.41) is 15.6. The van der Waals surface area contributed by atoms with Gasteiger partial charge in [-0.25, -0.2) is 19.2 Å². The molecule has 2 amide bonds. The van der Waals surface area contributed by atoms with E-state index in [0.29, 0.717) is 30.2 Å². The van der Waals surface area contributed by atoms with Crippen molar-refractivity contribution in [1.29, 1.82) is 5.26 Å². The first-order valence-corrected chi connectivity index (χ1v) is 8.16. The first-order chi connectivity index (χ1) is 13.2. The van der Waals surface area contributed by atoms with Crippen LogP contribution in [0.2, 0.25) is 0 Å². The Balaban J connectivity index is 1.54. The number of aromatic nitrogens is 3. The molecule has 2 aromatic heterocycles. The molecule has 0 radical (unpaired) electrons. The van der Waals surface area contributed by atoms with Crippen molar-refractivity contribution >= 4 is 11.7 Å². The van der Waals surface area contributed by atoms with Gasteiger partial charge < -0.3 is 14.7 Å². The Labute approximate surface area is 153 Å². The van der Waals surface area contributed by atoms with Crippen LogP contribution in [0.25, 0.3) is 11.6 Å². The summed E-state index contributed by atoms with van der Waals surface area (Å²) in [5.41, 5.74) is 1.76. The van der Waals surface area contributed by atoms with Crippen molar-refractivity contribution in [3.05, 3.63) is 59.3 Å². The van der Waals surface area contributed by atoms with Crippen LogP contribution < -0.4 is 5.32 Å². The molecule has 3 heterocycles. The standard InChI is InChI=1S/C18H13FN6O2/c19-14-3-2-12(8-11(14)9-20)23-18(26)25-7-4-15-13(10-25)16(27-24-15)17-21-5-1-6-22-17/h1-3,5-6,8H,4,7,10H2,(H,23,26). The average Bonchev–Trinajstić information content (AvgIpc) is 3.13. The first kappa shape index (κ1) is 16.7. The zero-order chi connectivity index (χ0) is 18.8. The number of hydrogen-bond acceptors (Lipinski definition) is 6. The Bertz CT molecular complexity index is 1040. The number of nitriles is 1. The molecule has 1 aliphatic heterocycles. The second-order valence-corrected chi connectivity index (χ2v) is 5.92. The van der Waals surface area contributed by atoms with Crippen molar-refractivity contribution in [2.45, 2.75) is 13.0 Å². The van der Waals surface area contributed by atoms with E-state index in [4.69, 9.17) is 9.78 Å². The number of fused-ring (bicyclic) bond motifs is 1. The Hall–Kier alpha value is -3.80. The van der Waals surface area contributed by atoms with Gasteiger partial charge in [0.15, 0.2) is 5.82 Å². The van der Waals surface area contributed by atoms with E-state index in [9.17, 15) is 9.18 Å². The minimum atomic E-state index is -0.630. The quantitative estimate of drug-likeness (QED) is 0.749. The molecule has 0 saturated heterocycles. The van der Waals surface area contributed by atoms with Gasteiger partial charge in [0, 0.05) is 36.6 Å². The summed E-state index contributed by atoms with van der Waals surface area (Å²) in [4.78, 5) is 22.5. The largest absolute Gasteiger partial charge is 0.352 e. The average molecular weight is 364 g/mol. The zero-order valence-electron chi connectivity index (χ0n) is 14.0. The van der Waals surface area contributed by atoms with Crippen molar-refractivity contribution in [3.63, 3.8) is 0 Å². The predicted octanol–water partition coefficient (Wildman–Crippen LogP) is 2.73. The molecule has 9 heteroatoms. The van der Waals surface area contributed by atoms with E-state index in [0.717, 1.165) is 17.3 Å². The molecule has 8 nitrogen and oxygen atoms in total. The third kappa shape index (κ3) is 3.20. The third-order valence-corrected chi connectivity index (χ3v) is 4.23. The zero-order valence-corrected chi connectivity index (χ0v) is 14.0. The molecule has 0 aliphatic carbocycles. The lowest BCUT2D eigenvalue weighted by molar-refractivity contribution is 0.206. The maximum atomic E-state index is 13.4. The summed E-state index contributed by atoms with van der Waals surface area (Å²) in [6.07, 6.45) is 3.74. The fraction of sp³-hybridized carbons (Fsp3) is 0.167. The lowest BCUT2D eigenvalue weighted by Gasteiger charge is -2.26. The molecular weight excluding hydrogens is 351 g/mol. The van der Waals surface area contributed by atoms with E-state index >= 15 is 0 Å². The number of rotatable bonds is 2. The van der Waals surface area contributed by atoms with E-state index in [2.05, 4.69) is 20.4 Å². The van der Waals surface area contributed by atoms with Crippen molar-refractivity contribution in [2.24, 2.45) is 0 Å². The molecule has 1 aromatic carbocycles. The number of nitrogens with zero attached hydrogens (tertiary/aromatic N) is 5. The lowest BCUT2D eigenvalue weighted by Crippen LogP contribution is -2.38. The molecule has 0 fully saturated rings. The molecule has 27 heavy (non-hydrogen) atoms. The van der Waals surface area contributed by atoms with E-state index < -0.39 is 5.82 Å². The lowest BCUT2D eigenvalue weighted by atomic mass is 10.1. The maximum absolute atomic E-state index is 13.4. The normalized spacial score (nSPS) is 13.0. The molecule has 0 saturated carbocycles. The van der Waals surface area contributed by atoms with Crippen LogP contribution in [0.3, 0.4) is 0 Å². The van der Waals surface area contributed by atoms with Crippen LogP contribution in [-0.2, 0) is 13.0 Å². The van der Waals surface area contributed by atoms with Crippen LogP contribution in [0.5, 0.6) is 0 Å². The number of carbonyl (C=O) groups is 1. The molecule has 1 N–H and O–H groups in total. The summed E-state index contributed by atoms with van der Waals surface area (Å²) >= 11 is 0. The maximum Gasteiger partial charge on any atom is 0.322 e. The van der Waals surface area contributed by atoms with Gasteiger partial charge in [-0.3, -0.25) is 0 Å². The summed E-state index contributed by atoms with van der Waals surface area (Å²) in [6, 6.07) is 6.94. The van der Waals surface area contributed by atoms with E-state index in [1.54, 1.807) is 29.4 Å². The topological polar surface area (TPSA) is 108 Å². The molecule has 134 valence electrons. The molecule has 0 unspecified atom stereocenters. The van der Waals surface area contributed by atoms with Gasteiger partial charge in [-0.2, -0.15) is 5.26 Å². The minimum Gasteiger partial charge on any atom is -0.352 e. The molecule has 1 aliphatic rings. The fourth-order valence-electron chi connectivity index (χ4n) is 2.87. The van der Waals surface area contributed by atoms with Gasteiger partial charge >= 0.3 is 6.03 Å². The number of nitrogens with one attached hydrogen (secondary N) is 1. The smallest absolute Gasteiger partial charge is 0.322 e. The second kappa shape index (κ2) is 6.84. The minimum absolute atomic E-state index is 0.128. The van der Waals surface area contributed by atoms with E-state index in [1.165, 1.54) is 12.1 Å². The highest BCUT2D eigenvalue weighted by Gasteiger charge is 2.28. The number of hydrogen-bond donors (Lipinski definition) is 1. The number of anilines is 1. The highest BCUT2D eigenvalue weighted by atomic mass is 19.1. The number of amides is 2. The van der Waals surface area contributed by atoms with Gasteiger partial charge in [0.25, 0.3) is 0 Å². The SMILES string of the molecule is N#Cc1cc(NC(=O)N2CCc3noc(-c4ncccn4)c3C2)ccc1F. The van der Waals surface area contributed by atoms with Gasteiger partial charge in [0.05, 0.1) is 17.8 Å². The summed E-state index contributed by atoms with van der Waals surface area (Å²) in [6.45, 7) is 0.733. The van der Waals surface area contributed by atoms with Crippen LogP contribution in [0, 0.1) is 17.1 Å². The predicted molar refractivity (Wildman–Crippen MR) is 91.8 cm³/mol. The fourth-order valence-corrected chi connectivity index (χ4v) is 2.87. The highest BCUT2D eigenvalue weighted by Crippen LogP contribution is 2.28.